The fraction of sp³-hybridized carbons (Fsp3) is 0.250. The van der Waals surface area contributed by atoms with Crippen molar-refractivity contribution < 1.29 is 14.5 Å². The summed E-state index contributed by atoms with van der Waals surface area (Å²) >= 11 is 0. The van der Waals surface area contributed by atoms with Crippen LogP contribution in [-0.4, -0.2) is 29.9 Å². The van der Waals surface area contributed by atoms with Crippen molar-refractivity contribution in [2.45, 2.75) is 19.9 Å². The summed E-state index contributed by atoms with van der Waals surface area (Å²) in [5, 5.41) is 10.9. The minimum Gasteiger partial charge on any atom is -0.496 e. The highest BCUT2D eigenvalue weighted by molar-refractivity contribution is 5.92. The number of methoxy groups -OCH3 is 1. The second kappa shape index (κ2) is 8.29. The number of ether oxygens (including phenoxy) is 1. The number of carbonyl (C=O) groups excluding carboxylic acids is 1. The van der Waals surface area contributed by atoms with Crippen molar-refractivity contribution in [2.75, 3.05) is 14.2 Å². The molecule has 0 saturated heterocycles. The molecule has 0 bridgehead atoms. The van der Waals surface area contributed by atoms with Crippen molar-refractivity contribution >= 4 is 17.7 Å². The van der Waals surface area contributed by atoms with Gasteiger partial charge in [-0.05, 0) is 37.6 Å². The maximum atomic E-state index is 12.5. The van der Waals surface area contributed by atoms with Crippen LogP contribution in [0, 0.1) is 17.0 Å². The van der Waals surface area contributed by atoms with E-state index in [4.69, 9.17) is 4.74 Å². The van der Waals surface area contributed by atoms with Gasteiger partial charge in [0.1, 0.15) is 5.75 Å². The Balaban J connectivity index is 2.18. The quantitative estimate of drug-likeness (QED) is 0.444. The Morgan fingerprint density at radius 1 is 1.27 bits per heavy atom. The Bertz CT molecular complexity index is 845. The summed E-state index contributed by atoms with van der Waals surface area (Å²) in [6.45, 7) is 3.80. The average molecular weight is 354 g/mol. The van der Waals surface area contributed by atoms with Crippen LogP contribution in [0.3, 0.4) is 0 Å². The lowest BCUT2D eigenvalue weighted by molar-refractivity contribution is -0.384. The summed E-state index contributed by atoms with van der Waals surface area (Å²) in [7, 11) is 3.25. The number of rotatable bonds is 6. The van der Waals surface area contributed by atoms with E-state index in [1.165, 1.54) is 23.1 Å². The molecular weight excluding hydrogens is 332 g/mol. The van der Waals surface area contributed by atoms with Gasteiger partial charge >= 0.3 is 0 Å². The molecule has 0 saturated carbocycles. The Kier molecular flexibility index (Phi) is 6.11. The number of benzene rings is 2. The number of nitro benzene ring substituents is 1. The van der Waals surface area contributed by atoms with Crippen LogP contribution in [-0.2, 0) is 4.79 Å². The van der Waals surface area contributed by atoms with E-state index in [1.807, 2.05) is 32.0 Å². The smallest absolute Gasteiger partial charge is 0.269 e. The van der Waals surface area contributed by atoms with Crippen LogP contribution in [0.5, 0.6) is 5.75 Å². The van der Waals surface area contributed by atoms with Gasteiger partial charge in [0.2, 0.25) is 5.91 Å². The van der Waals surface area contributed by atoms with E-state index in [-0.39, 0.29) is 17.6 Å². The van der Waals surface area contributed by atoms with Crippen molar-refractivity contribution in [3.8, 4) is 5.75 Å². The van der Waals surface area contributed by atoms with Gasteiger partial charge in [0.15, 0.2) is 0 Å². The van der Waals surface area contributed by atoms with Crippen molar-refractivity contribution in [3.05, 3.63) is 75.3 Å². The Morgan fingerprint density at radius 2 is 2.00 bits per heavy atom. The molecule has 0 aromatic heterocycles. The molecule has 1 atom stereocenters. The predicted octanol–water partition coefficient (Wildman–Crippen LogP) is 4.14. The zero-order chi connectivity index (χ0) is 19.3. The van der Waals surface area contributed by atoms with Crippen LogP contribution in [0.15, 0.2) is 48.5 Å². The van der Waals surface area contributed by atoms with Gasteiger partial charge in [-0.2, -0.15) is 0 Å². The fourth-order valence-electron chi connectivity index (χ4n) is 2.58. The number of hydrogen-bond donors (Lipinski definition) is 0. The molecule has 0 aliphatic heterocycles. The van der Waals surface area contributed by atoms with E-state index >= 15 is 0 Å². The van der Waals surface area contributed by atoms with E-state index in [2.05, 4.69) is 0 Å². The molecule has 1 amide bonds. The second-order valence-electron chi connectivity index (χ2n) is 6.06. The third-order valence-corrected chi connectivity index (χ3v) is 4.28. The summed E-state index contributed by atoms with van der Waals surface area (Å²) in [5.41, 5.74) is 2.60. The molecule has 136 valence electrons. The maximum absolute atomic E-state index is 12.5. The Labute approximate surface area is 152 Å². The third kappa shape index (κ3) is 4.47. The number of nitrogens with zero attached hydrogens (tertiary/aromatic N) is 2. The Hall–Kier alpha value is -3.15. The number of likely N-dealkylation sites (N-methyl/N-ethyl adjacent to an activating group) is 1. The molecule has 0 spiro atoms. The molecule has 0 heterocycles. The van der Waals surface area contributed by atoms with E-state index < -0.39 is 4.92 Å². The van der Waals surface area contributed by atoms with Gasteiger partial charge < -0.3 is 9.64 Å². The van der Waals surface area contributed by atoms with Gasteiger partial charge in [0.25, 0.3) is 5.69 Å². The molecular formula is C20H22N2O4. The van der Waals surface area contributed by atoms with E-state index in [1.54, 1.807) is 32.4 Å². The van der Waals surface area contributed by atoms with Crippen LogP contribution < -0.4 is 4.74 Å². The predicted molar refractivity (Wildman–Crippen MR) is 101 cm³/mol. The molecule has 6 nitrogen and oxygen atoms in total. The third-order valence-electron chi connectivity index (χ3n) is 4.28. The highest BCUT2D eigenvalue weighted by Crippen LogP contribution is 2.24. The normalized spacial score (nSPS) is 12.0. The summed E-state index contributed by atoms with van der Waals surface area (Å²) in [6, 6.07) is 11.7. The molecule has 0 N–H and O–H groups in total. The molecule has 0 aliphatic rings. The molecule has 2 rings (SSSR count). The van der Waals surface area contributed by atoms with Gasteiger partial charge in [-0.15, -0.1) is 0 Å². The number of non-ortho nitro benzene ring substituents is 1. The molecule has 0 radical (unpaired) electrons. The minimum atomic E-state index is -0.443. The van der Waals surface area contributed by atoms with Crippen molar-refractivity contribution in [1.29, 1.82) is 0 Å². The standard InChI is InChI=1S/C20H22N2O4/c1-14-8-10-19(26-4)17(12-14)9-11-20(23)21(3)15(2)16-6-5-7-18(13-16)22(24)25/h5-13,15H,1-4H3/b11-9+. The molecule has 1 unspecified atom stereocenters. The second-order valence-corrected chi connectivity index (χ2v) is 6.06. The van der Waals surface area contributed by atoms with Crippen LogP contribution in [0.4, 0.5) is 5.69 Å². The fourth-order valence-corrected chi connectivity index (χ4v) is 2.58. The van der Waals surface area contributed by atoms with Crippen molar-refractivity contribution in [1.82, 2.24) is 4.90 Å². The van der Waals surface area contributed by atoms with E-state index in [9.17, 15) is 14.9 Å². The lowest BCUT2D eigenvalue weighted by atomic mass is 10.1. The number of aryl methyl sites for hydroxylation is 1. The summed E-state index contributed by atoms with van der Waals surface area (Å²) in [5.74, 6) is 0.488. The molecule has 26 heavy (non-hydrogen) atoms. The molecule has 2 aromatic rings. The number of hydrogen-bond acceptors (Lipinski definition) is 4. The first-order valence-electron chi connectivity index (χ1n) is 8.17. The Morgan fingerprint density at radius 3 is 2.65 bits per heavy atom. The number of amides is 1. The molecule has 0 aliphatic carbocycles. The van der Waals surface area contributed by atoms with Crippen molar-refractivity contribution in [3.63, 3.8) is 0 Å². The monoisotopic (exact) mass is 354 g/mol. The lowest BCUT2D eigenvalue weighted by Crippen LogP contribution is -2.28. The zero-order valence-corrected chi connectivity index (χ0v) is 15.3. The topological polar surface area (TPSA) is 72.7 Å². The van der Waals surface area contributed by atoms with Crippen LogP contribution in [0.25, 0.3) is 6.08 Å². The van der Waals surface area contributed by atoms with Gasteiger partial charge in [-0.25, -0.2) is 0 Å². The van der Waals surface area contributed by atoms with Gasteiger partial charge in [-0.3, -0.25) is 14.9 Å². The molecule has 0 fully saturated rings. The summed E-state index contributed by atoms with van der Waals surface area (Å²) < 4.78 is 5.31. The highest BCUT2D eigenvalue weighted by Gasteiger charge is 2.17. The lowest BCUT2D eigenvalue weighted by Gasteiger charge is -2.24. The SMILES string of the molecule is COc1ccc(C)cc1/C=C/C(=O)N(C)C(C)c1cccc([N+](=O)[O-])c1. The molecule has 6 heteroatoms. The zero-order valence-electron chi connectivity index (χ0n) is 15.3. The van der Waals surface area contributed by atoms with E-state index in [0.717, 1.165) is 11.1 Å². The first-order valence-corrected chi connectivity index (χ1v) is 8.17. The van der Waals surface area contributed by atoms with Crippen LogP contribution in [0.2, 0.25) is 0 Å². The van der Waals surface area contributed by atoms with Gasteiger partial charge in [-0.1, -0.05) is 23.8 Å². The molecule has 2 aromatic carbocycles. The highest BCUT2D eigenvalue weighted by atomic mass is 16.6. The first-order chi connectivity index (χ1) is 12.3. The largest absolute Gasteiger partial charge is 0.496 e. The van der Waals surface area contributed by atoms with Crippen LogP contribution in [0.1, 0.15) is 29.7 Å². The maximum Gasteiger partial charge on any atom is 0.269 e. The van der Waals surface area contributed by atoms with Gasteiger partial charge in [0, 0.05) is 30.8 Å². The van der Waals surface area contributed by atoms with Crippen molar-refractivity contribution in [2.24, 2.45) is 0 Å². The number of carbonyl (C=O) groups is 1. The summed E-state index contributed by atoms with van der Waals surface area (Å²) in [4.78, 5) is 24.5. The summed E-state index contributed by atoms with van der Waals surface area (Å²) in [6.07, 6.45) is 3.19. The average Bonchev–Trinajstić information content (AvgIpc) is 2.65. The van der Waals surface area contributed by atoms with Crippen LogP contribution >= 0.6 is 0 Å². The number of nitro groups is 1. The van der Waals surface area contributed by atoms with Gasteiger partial charge in [0.05, 0.1) is 18.1 Å². The first kappa shape index (κ1) is 19.2. The minimum absolute atomic E-state index is 0.00948. The van der Waals surface area contributed by atoms with E-state index in [0.29, 0.717) is 11.3 Å².